The molecule has 17 heavy (non-hydrogen) atoms. The molecular weight excluding hydrogens is 222 g/mol. The fourth-order valence-electron chi connectivity index (χ4n) is 1.83. The van der Waals surface area contributed by atoms with Gasteiger partial charge in [-0.3, -0.25) is 9.59 Å². The van der Waals surface area contributed by atoms with Crippen LogP contribution in [0.5, 0.6) is 11.5 Å². The first-order chi connectivity index (χ1) is 8.08. The Balaban J connectivity index is 2.16. The summed E-state index contributed by atoms with van der Waals surface area (Å²) in [5, 5.41) is 18.7. The van der Waals surface area contributed by atoms with Gasteiger partial charge in [0.2, 0.25) is 0 Å². The Kier molecular flexibility index (Phi) is 2.99. The maximum Gasteiger partial charge on any atom is 0.257 e. The number of phenolic OH excluding ortho intramolecular Hbond substituents is 2. The van der Waals surface area contributed by atoms with Gasteiger partial charge in [0.05, 0.1) is 5.56 Å². The van der Waals surface area contributed by atoms with Gasteiger partial charge in [-0.25, -0.2) is 0 Å². The molecule has 0 spiro atoms. The predicted molar refractivity (Wildman–Crippen MR) is 59.9 cm³/mol. The summed E-state index contributed by atoms with van der Waals surface area (Å²) < 4.78 is 0. The Labute approximate surface area is 98.3 Å². The van der Waals surface area contributed by atoms with Crippen molar-refractivity contribution in [1.82, 2.24) is 4.90 Å². The molecule has 90 valence electrons. The van der Waals surface area contributed by atoms with Crippen LogP contribution in [0.15, 0.2) is 18.2 Å². The monoisotopic (exact) mass is 235 g/mol. The lowest BCUT2D eigenvalue weighted by atomic mass is 10.1. The second-order valence-corrected chi connectivity index (χ2v) is 4.03. The molecule has 2 N–H and O–H groups in total. The van der Waals surface area contributed by atoms with Crippen LogP contribution in [0, 0.1) is 0 Å². The first-order valence-electron chi connectivity index (χ1n) is 5.41. The molecule has 0 aromatic heterocycles. The van der Waals surface area contributed by atoms with Crippen LogP contribution in [0.4, 0.5) is 0 Å². The fraction of sp³-hybridized carbons (Fsp3) is 0.333. The van der Waals surface area contributed by atoms with Crippen LogP contribution in [-0.4, -0.2) is 39.9 Å². The van der Waals surface area contributed by atoms with Crippen LogP contribution >= 0.6 is 0 Å². The summed E-state index contributed by atoms with van der Waals surface area (Å²) in [7, 11) is 0. The molecule has 5 heteroatoms. The highest BCUT2D eigenvalue weighted by Gasteiger charge is 2.23. The van der Waals surface area contributed by atoms with Crippen molar-refractivity contribution >= 4 is 11.7 Å². The summed E-state index contributed by atoms with van der Waals surface area (Å²) >= 11 is 0. The molecule has 1 heterocycles. The number of carbonyl (C=O) groups excluding carboxylic acids is 2. The third-order valence-corrected chi connectivity index (χ3v) is 2.82. The van der Waals surface area contributed by atoms with Crippen LogP contribution in [0.3, 0.4) is 0 Å². The molecule has 0 unspecified atom stereocenters. The number of ketones is 1. The van der Waals surface area contributed by atoms with Crippen molar-refractivity contribution in [3.63, 3.8) is 0 Å². The molecule has 0 radical (unpaired) electrons. The number of benzene rings is 1. The van der Waals surface area contributed by atoms with Gasteiger partial charge in [-0.15, -0.1) is 0 Å². The highest BCUT2D eigenvalue weighted by atomic mass is 16.3. The lowest BCUT2D eigenvalue weighted by Gasteiger charge is -2.26. The molecule has 1 aliphatic rings. The van der Waals surface area contributed by atoms with Crippen LogP contribution < -0.4 is 0 Å². The molecule has 1 aromatic rings. The van der Waals surface area contributed by atoms with E-state index in [1.54, 1.807) is 0 Å². The number of likely N-dealkylation sites (tertiary alicyclic amines) is 1. The molecule has 5 nitrogen and oxygen atoms in total. The van der Waals surface area contributed by atoms with Crippen LogP contribution in [0.2, 0.25) is 0 Å². The Morgan fingerprint density at radius 1 is 1.18 bits per heavy atom. The van der Waals surface area contributed by atoms with Crippen LogP contribution in [0.1, 0.15) is 23.2 Å². The number of aromatic hydroxyl groups is 2. The number of hydrogen-bond donors (Lipinski definition) is 2. The van der Waals surface area contributed by atoms with Crippen molar-refractivity contribution in [2.75, 3.05) is 13.1 Å². The molecule has 0 atom stereocenters. The van der Waals surface area contributed by atoms with Crippen molar-refractivity contribution in [3.05, 3.63) is 23.8 Å². The number of carbonyl (C=O) groups is 2. The molecule has 2 rings (SSSR count). The van der Waals surface area contributed by atoms with E-state index in [-0.39, 0.29) is 28.8 Å². The van der Waals surface area contributed by atoms with E-state index in [4.69, 9.17) is 5.11 Å². The Hall–Kier alpha value is -2.04. The minimum absolute atomic E-state index is 0.0899. The summed E-state index contributed by atoms with van der Waals surface area (Å²) in [5.74, 6) is -0.487. The minimum Gasteiger partial charge on any atom is -0.508 e. The van der Waals surface area contributed by atoms with Crippen LogP contribution in [-0.2, 0) is 4.79 Å². The van der Waals surface area contributed by atoms with E-state index in [0.29, 0.717) is 25.9 Å². The molecule has 0 saturated carbocycles. The van der Waals surface area contributed by atoms with E-state index in [0.717, 1.165) is 6.07 Å². The summed E-state index contributed by atoms with van der Waals surface area (Å²) in [6, 6.07) is 3.85. The highest BCUT2D eigenvalue weighted by Crippen LogP contribution is 2.24. The van der Waals surface area contributed by atoms with Gasteiger partial charge < -0.3 is 15.1 Å². The number of phenols is 2. The molecule has 1 aliphatic heterocycles. The predicted octanol–water partition coefficient (Wildman–Crippen LogP) is 0.903. The molecule has 0 bridgehead atoms. The number of piperidine rings is 1. The smallest absolute Gasteiger partial charge is 0.257 e. The van der Waals surface area contributed by atoms with Crippen molar-refractivity contribution < 1.29 is 19.8 Å². The fourth-order valence-corrected chi connectivity index (χ4v) is 1.83. The average Bonchev–Trinajstić information content (AvgIpc) is 2.29. The summed E-state index contributed by atoms with van der Waals surface area (Å²) in [5.41, 5.74) is 0.150. The van der Waals surface area contributed by atoms with E-state index >= 15 is 0 Å². The SMILES string of the molecule is O=C1CCN(C(=O)c2ccc(O)cc2O)CC1. The summed E-state index contributed by atoms with van der Waals surface area (Å²) in [6.07, 6.45) is 0.731. The molecular formula is C12H13NO4. The zero-order valence-corrected chi connectivity index (χ0v) is 9.22. The van der Waals surface area contributed by atoms with Crippen molar-refractivity contribution in [2.24, 2.45) is 0 Å². The number of Topliss-reactive ketones (excluding diaryl/α,β-unsaturated/α-hetero) is 1. The highest BCUT2D eigenvalue weighted by molar-refractivity contribution is 5.98. The van der Waals surface area contributed by atoms with E-state index in [9.17, 15) is 14.7 Å². The first-order valence-corrected chi connectivity index (χ1v) is 5.41. The Morgan fingerprint density at radius 2 is 1.82 bits per heavy atom. The van der Waals surface area contributed by atoms with Gasteiger partial charge in [0.1, 0.15) is 17.3 Å². The first kappa shape index (κ1) is 11.4. The van der Waals surface area contributed by atoms with Gasteiger partial charge >= 0.3 is 0 Å². The number of amides is 1. The molecule has 1 amide bonds. The lowest BCUT2D eigenvalue weighted by Crippen LogP contribution is -2.38. The molecule has 1 aromatic carbocycles. The summed E-state index contributed by atoms with van der Waals surface area (Å²) in [4.78, 5) is 24.6. The van der Waals surface area contributed by atoms with E-state index < -0.39 is 0 Å². The van der Waals surface area contributed by atoms with Gasteiger partial charge in [-0.2, -0.15) is 0 Å². The average molecular weight is 235 g/mol. The minimum atomic E-state index is -0.310. The van der Waals surface area contributed by atoms with Crippen molar-refractivity contribution in [2.45, 2.75) is 12.8 Å². The maximum absolute atomic E-state index is 12.0. The third-order valence-electron chi connectivity index (χ3n) is 2.82. The van der Waals surface area contributed by atoms with Gasteiger partial charge in [-0.05, 0) is 12.1 Å². The van der Waals surface area contributed by atoms with Gasteiger partial charge in [0.15, 0.2) is 0 Å². The maximum atomic E-state index is 12.0. The standard InChI is InChI=1S/C12H13NO4/c14-8-3-5-13(6-4-8)12(17)10-2-1-9(15)7-11(10)16/h1-2,7,15-16H,3-6H2. The van der Waals surface area contributed by atoms with Crippen molar-refractivity contribution in [1.29, 1.82) is 0 Å². The zero-order chi connectivity index (χ0) is 12.4. The van der Waals surface area contributed by atoms with Crippen molar-refractivity contribution in [3.8, 4) is 11.5 Å². The van der Waals surface area contributed by atoms with Gasteiger partial charge in [-0.1, -0.05) is 0 Å². The zero-order valence-electron chi connectivity index (χ0n) is 9.22. The number of hydrogen-bond acceptors (Lipinski definition) is 4. The normalized spacial score (nSPS) is 16.0. The molecule has 1 saturated heterocycles. The Bertz CT molecular complexity index is 460. The van der Waals surface area contributed by atoms with E-state index in [2.05, 4.69) is 0 Å². The van der Waals surface area contributed by atoms with E-state index in [1.165, 1.54) is 17.0 Å². The second kappa shape index (κ2) is 4.45. The van der Waals surface area contributed by atoms with Gasteiger partial charge in [0.25, 0.3) is 5.91 Å². The molecule has 1 fully saturated rings. The third kappa shape index (κ3) is 2.38. The molecule has 0 aliphatic carbocycles. The van der Waals surface area contributed by atoms with Gasteiger partial charge in [0, 0.05) is 32.0 Å². The quantitative estimate of drug-likeness (QED) is 0.758. The summed E-state index contributed by atoms with van der Waals surface area (Å²) in [6.45, 7) is 0.774. The largest absolute Gasteiger partial charge is 0.508 e. The Morgan fingerprint density at radius 3 is 2.41 bits per heavy atom. The second-order valence-electron chi connectivity index (χ2n) is 4.03. The number of rotatable bonds is 1. The number of nitrogens with zero attached hydrogens (tertiary/aromatic N) is 1. The lowest BCUT2D eigenvalue weighted by molar-refractivity contribution is -0.120. The van der Waals surface area contributed by atoms with Crippen LogP contribution in [0.25, 0.3) is 0 Å². The van der Waals surface area contributed by atoms with E-state index in [1.807, 2.05) is 0 Å². The topological polar surface area (TPSA) is 77.8 Å².